The molecule has 6 nitrogen and oxygen atoms in total. The second-order valence-electron chi connectivity index (χ2n) is 7.31. The number of aromatic nitrogens is 2. The van der Waals surface area contributed by atoms with Gasteiger partial charge in [0.05, 0.1) is 19.0 Å². The van der Waals surface area contributed by atoms with Crippen LogP contribution in [0.2, 0.25) is 0 Å². The second kappa shape index (κ2) is 9.28. The molecule has 0 saturated carbocycles. The third-order valence-electron chi connectivity index (χ3n) is 5.07. The van der Waals surface area contributed by atoms with Crippen LogP contribution in [0.1, 0.15) is 6.42 Å². The molecule has 160 valence electrons. The monoisotopic (exact) mass is 443 g/mol. The lowest BCUT2D eigenvalue weighted by Crippen LogP contribution is -2.14. The lowest BCUT2D eigenvalue weighted by Gasteiger charge is -2.11. The van der Waals surface area contributed by atoms with Gasteiger partial charge in [0.25, 0.3) is 0 Å². The van der Waals surface area contributed by atoms with Gasteiger partial charge >= 0.3 is 0 Å². The predicted octanol–water partition coefficient (Wildman–Crippen LogP) is 5.19. The van der Waals surface area contributed by atoms with Crippen LogP contribution >= 0.6 is 11.8 Å². The molecule has 0 atom stereocenters. The molecule has 5 rings (SSSR count). The van der Waals surface area contributed by atoms with E-state index in [0.717, 1.165) is 33.5 Å². The van der Waals surface area contributed by atoms with Crippen LogP contribution in [0.15, 0.2) is 77.8 Å². The Hall–Kier alpha value is -3.58. The quantitative estimate of drug-likeness (QED) is 0.428. The summed E-state index contributed by atoms with van der Waals surface area (Å²) in [6.45, 7) is 1.23. The lowest BCUT2D eigenvalue weighted by atomic mass is 10.1. The molecule has 1 aromatic heterocycles. The first-order valence-corrected chi connectivity index (χ1v) is 11.4. The van der Waals surface area contributed by atoms with Gasteiger partial charge in [-0.3, -0.25) is 4.79 Å². The van der Waals surface area contributed by atoms with E-state index < -0.39 is 0 Å². The van der Waals surface area contributed by atoms with Crippen LogP contribution < -0.4 is 14.8 Å². The average Bonchev–Trinajstić information content (AvgIpc) is 3.08. The van der Waals surface area contributed by atoms with Crippen LogP contribution in [-0.4, -0.2) is 35.1 Å². The number of amides is 1. The number of ether oxygens (including phenoxy) is 2. The zero-order valence-corrected chi connectivity index (χ0v) is 18.1. The molecule has 3 aromatic carbocycles. The molecule has 0 aliphatic carbocycles. The van der Waals surface area contributed by atoms with E-state index in [1.165, 1.54) is 11.8 Å². The highest BCUT2D eigenvalue weighted by Gasteiger charge is 2.14. The largest absolute Gasteiger partial charge is 0.490 e. The van der Waals surface area contributed by atoms with Crippen molar-refractivity contribution < 1.29 is 14.3 Å². The maximum Gasteiger partial charge on any atom is 0.234 e. The Kier molecular flexibility index (Phi) is 5.89. The zero-order valence-electron chi connectivity index (χ0n) is 17.3. The maximum atomic E-state index is 12.6. The van der Waals surface area contributed by atoms with Gasteiger partial charge in [-0.1, -0.05) is 66.4 Å². The number of hydrogen-bond donors (Lipinski definition) is 1. The molecule has 4 aromatic rings. The molecule has 1 amide bonds. The standard InChI is InChI=1S/C25H21N3O3S/c29-23(26-18-11-12-21-22(15-18)31-14-6-13-30-21)16-32-25-20-10-5-4-9-19(20)24(27-28-25)17-7-2-1-3-8-17/h1-5,7-12,15H,6,13-14,16H2,(H,26,29). The number of carbonyl (C=O) groups is 1. The molecule has 0 unspecified atom stereocenters. The summed E-state index contributed by atoms with van der Waals surface area (Å²) in [5.41, 5.74) is 2.53. The molecule has 7 heteroatoms. The van der Waals surface area contributed by atoms with E-state index in [4.69, 9.17) is 9.47 Å². The Labute approximate surface area is 190 Å². The van der Waals surface area contributed by atoms with Crippen molar-refractivity contribution in [3.05, 3.63) is 72.8 Å². The highest BCUT2D eigenvalue weighted by atomic mass is 32.2. The van der Waals surface area contributed by atoms with Crippen molar-refractivity contribution in [3.63, 3.8) is 0 Å². The smallest absolute Gasteiger partial charge is 0.234 e. The summed E-state index contributed by atoms with van der Waals surface area (Å²) in [6, 6.07) is 23.4. The average molecular weight is 444 g/mol. The van der Waals surface area contributed by atoms with E-state index in [2.05, 4.69) is 15.5 Å². The van der Waals surface area contributed by atoms with Gasteiger partial charge in [-0.15, -0.1) is 10.2 Å². The zero-order chi connectivity index (χ0) is 21.8. The SMILES string of the molecule is O=C(CSc1nnc(-c2ccccc2)c2ccccc12)Nc1ccc2c(c1)OCCCO2. The summed E-state index contributed by atoms with van der Waals surface area (Å²) in [5.74, 6) is 1.46. The van der Waals surface area contributed by atoms with Gasteiger partial charge in [0.15, 0.2) is 11.5 Å². The van der Waals surface area contributed by atoms with Crippen molar-refractivity contribution in [1.82, 2.24) is 10.2 Å². The number of rotatable bonds is 5. The van der Waals surface area contributed by atoms with Gasteiger partial charge in [-0.25, -0.2) is 0 Å². The fourth-order valence-corrected chi connectivity index (χ4v) is 4.34. The van der Waals surface area contributed by atoms with Gasteiger partial charge < -0.3 is 14.8 Å². The molecule has 0 saturated heterocycles. The van der Waals surface area contributed by atoms with Gasteiger partial charge in [-0.05, 0) is 12.1 Å². The molecular weight excluding hydrogens is 422 g/mol. The summed E-state index contributed by atoms with van der Waals surface area (Å²) < 4.78 is 11.3. The van der Waals surface area contributed by atoms with Crippen molar-refractivity contribution in [2.24, 2.45) is 0 Å². The molecule has 1 aliphatic heterocycles. The molecule has 1 N–H and O–H groups in total. The molecule has 32 heavy (non-hydrogen) atoms. The fraction of sp³-hybridized carbons (Fsp3) is 0.160. The first-order chi connectivity index (χ1) is 15.8. The third-order valence-corrected chi connectivity index (χ3v) is 6.05. The number of thioether (sulfide) groups is 1. The normalized spacial score (nSPS) is 12.9. The summed E-state index contributed by atoms with van der Waals surface area (Å²) in [6.07, 6.45) is 0.838. The van der Waals surface area contributed by atoms with Crippen molar-refractivity contribution >= 4 is 34.1 Å². The topological polar surface area (TPSA) is 73.3 Å². The first-order valence-electron chi connectivity index (χ1n) is 10.4. The van der Waals surface area contributed by atoms with Crippen molar-refractivity contribution in [1.29, 1.82) is 0 Å². The van der Waals surface area contributed by atoms with Crippen LogP contribution in [0.5, 0.6) is 11.5 Å². The summed E-state index contributed by atoms with van der Waals surface area (Å²) in [4.78, 5) is 12.6. The molecule has 0 fully saturated rings. The fourth-order valence-electron chi connectivity index (χ4n) is 3.57. The number of benzene rings is 3. The first kappa shape index (κ1) is 20.3. The van der Waals surface area contributed by atoms with E-state index in [-0.39, 0.29) is 11.7 Å². The predicted molar refractivity (Wildman–Crippen MR) is 126 cm³/mol. The van der Waals surface area contributed by atoms with E-state index in [1.54, 1.807) is 6.07 Å². The van der Waals surface area contributed by atoms with E-state index >= 15 is 0 Å². The van der Waals surface area contributed by atoms with E-state index in [0.29, 0.717) is 30.4 Å². The van der Waals surface area contributed by atoms with Crippen LogP contribution in [-0.2, 0) is 4.79 Å². The number of carbonyl (C=O) groups excluding carboxylic acids is 1. The summed E-state index contributed by atoms with van der Waals surface area (Å²) in [7, 11) is 0. The minimum Gasteiger partial charge on any atom is -0.490 e. The Morgan fingerprint density at radius 3 is 2.47 bits per heavy atom. The number of hydrogen-bond acceptors (Lipinski definition) is 6. The van der Waals surface area contributed by atoms with Crippen LogP contribution in [0.4, 0.5) is 5.69 Å². The Morgan fingerprint density at radius 2 is 1.62 bits per heavy atom. The van der Waals surface area contributed by atoms with Crippen LogP contribution in [0.25, 0.3) is 22.0 Å². The Balaban J connectivity index is 1.31. The molecule has 0 bridgehead atoms. The Morgan fingerprint density at radius 1 is 0.875 bits per heavy atom. The van der Waals surface area contributed by atoms with E-state index in [9.17, 15) is 4.79 Å². The summed E-state index contributed by atoms with van der Waals surface area (Å²) >= 11 is 1.37. The van der Waals surface area contributed by atoms with Gasteiger partial charge in [0, 0.05) is 34.5 Å². The molecule has 0 spiro atoms. The molecule has 0 radical (unpaired) electrons. The Bertz CT molecular complexity index is 1260. The van der Waals surface area contributed by atoms with E-state index in [1.807, 2.05) is 66.7 Å². The number of nitrogens with zero attached hydrogens (tertiary/aromatic N) is 2. The number of fused-ring (bicyclic) bond motifs is 2. The number of nitrogens with one attached hydrogen (secondary N) is 1. The van der Waals surface area contributed by atoms with Crippen LogP contribution in [0.3, 0.4) is 0 Å². The minimum absolute atomic E-state index is 0.123. The van der Waals surface area contributed by atoms with Crippen LogP contribution in [0, 0.1) is 0 Å². The minimum atomic E-state index is -0.123. The number of anilines is 1. The molecule has 1 aliphatic rings. The van der Waals surface area contributed by atoms with Crippen molar-refractivity contribution in [2.75, 3.05) is 24.3 Å². The van der Waals surface area contributed by atoms with Gasteiger partial charge in [0.1, 0.15) is 10.7 Å². The molecular formula is C25H21N3O3S. The van der Waals surface area contributed by atoms with Gasteiger partial charge in [-0.2, -0.15) is 0 Å². The highest BCUT2D eigenvalue weighted by Crippen LogP contribution is 2.33. The third kappa shape index (κ3) is 4.38. The van der Waals surface area contributed by atoms with Crippen molar-refractivity contribution in [2.45, 2.75) is 11.4 Å². The van der Waals surface area contributed by atoms with Gasteiger partial charge in [0.2, 0.25) is 5.91 Å². The maximum absolute atomic E-state index is 12.6. The second-order valence-corrected chi connectivity index (χ2v) is 8.28. The lowest BCUT2D eigenvalue weighted by molar-refractivity contribution is -0.113. The molecule has 2 heterocycles. The highest BCUT2D eigenvalue weighted by molar-refractivity contribution is 8.00. The van der Waals surface area contributed by atoms with Crippen molar-refractivity contribution in [3.8, 4) is 22.8 Å². The summed E-state index contributed by atoms with van der Waals surface area (Å²) in [5, 5.41) is 14.5.